The van der Waals surface area contributed by atoms with Gasteiger partial charge in [0.25, 0.3) is 0 Å². The first kappa shape index (κ1) is 85.2. The normalized spacial score (nSPS) is 11.6. The van der Waals surface area contributed by atoms with Crippen LogP contribution in [0, 0.1) is 0 Å². The van der Waals surface area contributed by atoms with Crippen LogP contribution in [0.15, 0.2) is 534 Å². The quantitative estimate of drug-likeness (QED) is 0.0956. The van der Waals surface area contributed by atoms with Crippen LogP contribution in [0.25, 0.3) is 195 Å². The van der Waals surface area contributed by atoms with Crippen LogP contribution in [-0.2, 0) is 0 Å². The molecule has 23 aromatic carbocycles. The summed E-state index contributed by atoms with van der Waals surface area (Å²) >= 11 is 0.837. The van der Waals surface area contributed by atoms with Crippen molar-refractivity contribution in [3.63, 3.8) is 0 Å². The van der Waals surface area contributed by atoms with Gasteiger partial charge in [-0.1, -0.05) is 36.4 Å². The molecular weight excluding hydrogens is 1930 g/mol. The van der Waals surface area contributed by atoms with Crippen molar-refractivity contribution in [3.05, 3.63) is 534 Å². The van der Waals surface area contributed by atoms with E-state index < -0.39 is 0 Å². The summed E-state index contributed by atoms with van der Waals surface area (Å²) in [4.78, 5) is 7.28. The van der Waals surface area contributed by atoms with Gasteiger partial charge in [-0.3, -0.25) is 0 Å². The van der Waals surface area contributed by atoms with Crippen LogP contribution in [0.2, 0.25) is 0 Å². The molecule has 0 radical (unpaired) electrons. The SMILES string of the molecule is c1ccc(-c2ccc(-c3ccc(N(c4ccc5c(c4)[se]c4ccccc45)c4ccc5c6ccccc6n(-c6ccccc6)c5c4)cc3)cc2)cc1.c1ccc(-n2c3ccccc3c3ccc(N(c4ccc(-c5cccc6ccccc56)cc4)c4ccc5c(c4)[se]c4ccccc45)cc32)cc1.c1ccc(-n2c3ccccc3c3ccc(N(c4ccc5ccccc5c4)c4ccc5c(c4)[se]c4ccccc45)cc32)cc1. The Morgan fingerprint density at radius 2 is 0.385 bits per heavy atom. The third-order valence-electron chi connectivity index (χ3n) is 28.3. The van der Waals surface area contributed by atoms with Crippen molar-refractivity contribution in [2.75, 3.05) is 14.7 Å². The number of hydrogen-bond acceptors (Lipinski definition) is 3. The molecule has 0 bridgehead atoms. The van der Waals surface area contributed by atoms with E-state index in [2.05, 4.69) is 562 Å². The van der Waals surface area contributed by atoms with Crippen molar-refractivity contribution in [2.24, 2.45) is 0 Å². The first-order valence-corrected chi connectivity index (χ1v) is 53.8. The molecule has 0 saturated carbocycles. The Morgan fingerprint density at radius 3 is 0.783 bits per heavy atom. The van der Waals surface area contributed by atoms with Crippen molar-refractivity contribution >= 4 is 240 Å². The van der Waals surface area contributed by atoms with Crippen molar-refractivity contribution in [1.29, 1.82) is 0 Å². The number of aromatic nitrogens is 3. The first-order valence-electron chi connectivity index (χ1n) is 48.6. The van der Waals surface area contributed by atoms with Crippen molar-refractivity contribution in [2.45, 2.75) is 0 Å². The summed E-state index contributed by atoms with van der Waals surface area (Å²) in [5.74, 6) is 0. The molecule has 0 aliphatic carbocycles. The van der Waals surface area contributed by atoms with E-state index in [-0.39, 0.29) is 29.0 Å². The van der Waals surface area contributed by atoms with Gasteiger partial charge in [-0.25, -0.2) is 0 Å². The van der Waals surface area contributed by atoms with Gasteiger partial charge in [0.15, 0.2) is 0 Å². The number of anilines is 9. The maximum absolute atomic E-state index is 2.43. The van der Waals surface area contributed by atoms with Gasteiger partial charge < -0.3 is 0 Å². The molecule has 0 N–H and O–H groups in total. The topological polar surface area (TPSA) is 24.5 Å². The zero-order valence-corrected chi connectivity index (χ0v) is 82.9. The second kappa shape index (κ2) is 36.3. The van der Waals surface area contributed by atoms with Gasteiger partial charge in [0.1, 0.15) is 0 Å². The van der Waals surface area contributed by atoms with Gasteiger partial charge in [0, 0.05) is 0 Å². The fourth-order valence-electron chi connectivity index (χ4n) is 21.6. The Hall–Kier alpha value is -17.1. The Kier molecular flexibility index (Phi) is 21.6. The third-order valence-corrected chi connectivity index (χ3v) is 35.5. The minimum atomic E-state index is 0.271. The molecule has 0 amide bonds. The van der Waals surface area contributed by atoms with Crippen LogP contribution in [0.1, 0.15) is 0 Å². The van der Waals surface area contributed by atoms with Crippen molar-refractivity contribution in [1.82, 2.24) is 13.7 Å². The van der Waals surface area contributed by atoms with E-state index in [0.29, 0.717) is 14.5 Å². The van der Waals surface area contributed by atoms with E-state index in [1.807, 2.05) is 0 Å². The molecule has 143 heavy (non-hydrogen) atoms. The average molecular weight is 2020 g/mol. The van der Waals surface area contributed by atoms with E-state index in [1.54, 1.807) is 0 Å². The molecule has 0 atom stereocenters. The molecule has 0 aliphatic heterocycles. The molecule has 9 heteroatoms. The molecule has 672 valence electrons. The molecule has 0 saturated heterocycles. The summed E-state index contributed by atoms with van der Waals surface area (Å²) in [5, 5.41) is 20.8. The van der Waals surface area contributed by atoms with E-state index in [4.69, 9.17) is 0 Å². The Morgan fingerprint density at radius 1 is 0.133 bits per heavy atom. The van der Waals surface area contributed by atoms with Gasteiger partial charge in [-0.05, 0) is 5.56 Å². The zero-order chi connectivity index (χ0) is 94.4. The second-order valence-electron chi connectivity index (χ2n) is 36.6. The van der Waals surface area contributed by atoms with Crippen molar-refractivity contribution < 1.29 is 0 Å². The molecule has 6 nitrogen and oxygen atoms in total. The van der Waals surface area contributed by atoms with E-state index in [0.717, 1.165) is 45.5 Å². The van der Waals surface area contributed by atoms with Crippen LogP contribution in [-0.4, -0.2) is 57.2 Å². The van der Waals surface area contributed by atoms with Gasteiger partial charge in [-0.2, -0.15) is 0 Å². The first-order chi connectivity index (χ1) is 70.9. The van der Waals surface area contributed by atoms with E-state index in [1.165, 1.54) is 201 Å². The van der Waals surface area contributed by atoms with E-state index >= 15 is 0 Å². The molecule has 6 aromatic heterocycles. The number of benzene rings is 23. The zero-order valence-electron chi connectivity index (χ0n) is 77.7. The molecule has 29 rings (SSSR count). The molecule has 29 aromatic rings. The summed E-state index contributed by atoms with van der Waals surface area (Å²) in [5.41, 5.74) is 28.4. The molecule has 6 heterocycles. The predicted molar refractivity (Wildman–Crippen MR) is 614 cm³/mol. The number of fused-ring (bicyclic) bond motifs is 20. The molecule has 0 spiro atoms. The number of para-hydroxylation sites is 6. The van der Waals surface area contributed by atoms with Crippen LogP contribution < -0.4 is 14.7 Å². The van der Waals surface area contributed by atoms with E-state index in [9.17, 15) is 0 Å². The Bertz CT molecular complexity index is 9920. The number of rotatable bonds is 15. The third kappa shape index (κ3) is 15.4. The van der Waals surface area contributed by atoms with Crippen LogP contribution in [0.3, 0.4) is 0 Å². The Labute approximate surface area is 845 Å². The molecular formula is C134H88N6Se3. The van der Waals surface area contributed by atoms with Crippen molar-refractivity contribution in [3.8, 4) is 50.4 Å². The number of nitrogens with zero attached hydrogens (tertiary/aromatic N) is 6. The Balaban J connectivity index is 0.000000107. The van der Waals surface area contributed by atoms with Gasteiger partial charge in [0.05, 0.1) is 0 Å². The summed E-state index contributed by atoms with van der Waals surface area (Å²) in [6.45, 7) is 0. The number of hydrogen-bond donors (Lipinski definition) is 0. The van der Waals surface area contributed by atoms with Gasteiger partial charge >= 0.3 is 810 Å². The molecule has 0 fully saturated rings. The summed E-state index contributed by atoms with van der Waals surface area (Å²) in [6, 6.07) is 195. The van der Waals surface area contributed by atoms with Crippen LogP contribution >= 0.6 is 0 Å². The summed E-state index contributed by atoms with van der Waals surface area (Å²) in [6.07, 6.45) is 0. The molecule has 0 unspecified atom stereocenters. The monoisotopic (exact) mass is 2020 g/mol. The maximum atomic E-state index is 2.43. The summed E-state index contributed by atoms with van der Waals surface area (Å²) < 4.78 is 15.9. The summed E-state index contributed by atoms with van der Waals surface area (Å²) in [7, 11) is 0. The minimum absolute atomic E-state index is 0.271. The van der Waals surface area contributed by atoms with Crippen LogP contribution in [0.4, 0.5) is 51.2 Å². The van der Waals surface area contributed by atoms with Crippen LogP contribution in [0.5, 0.6) is 0 Å². The average Bonchev–Trinajstić information content (AvgIpc) is 1.59. The fourth-order valence-corrected chi connectivity index (χ4v) is 28.8. The van der Waals surface area contributed by atoms with Gasteiger partial charge in [-0.15, -0.1) is 0 Å². The second-order valence-corrected chi connectivity index (χ2v) is 43.4. The predicted octanol–water partition coefficient (Wildman–Crippen LogP) is 36.2. The molecule has 0 aliphatic rings. The fraction of sp³-hybridized carbons (Fsp3) is 0. The van der Waals surface area contributed by atoms with Gasteiger partial charge in [0.2, 0.25) is 0 Å². The standard InChI is InChI=1S/C48H32N2Se.C46H30N2Se.C40H26N2Se/c1-3-11-33(12-4-1)34-19-21-35(22-20-34)36-23-25-38(26-24-36)49(40-28-30-44-43-16-8-10-18-47(43)51-48(44)32-40)39-27-29-42-41-15-7-9-17-45(41)50(46(42)31-39)37-13-5-2-6-14-37;1-2-13-33(14-3-1)48-43-19-8-6-16-39(43)40-27-25-35(29-44(40)48)47(36-26-28-42-41-17-7-9-20-45(41)49-46(42)30-36)34-23-21-32(22-24-34)38-18-10-12-31-11-4-5-15-37(31)38;1-2-12-29(13-3-1)42-37-16-8-6-14-33(37)34-22-20-31(25-38(34)42)41(30-19-18-27-10-4-5-11-28(27)24-30)32-21-23-36-35-15-7-9-17-39(35)43-40(36)26-32/h1-32H;1-30H;1-26H.